The highest BCUT2D eigenvalue weighted by molar-refractivity contribution is 5.83. The van der Waals surface area contributed by atoms with Crippen molar-refractivity contribution in [2.45, 2.75) is 32.2 Å². The average molecular weight is 214 g/mol. The van der Waals surface area contributed by atoms with Gasteiger partial charge in [-0.25, -0.2) is 0 Å². The maximum absolute atomic E-state index is 11.4. The van der Waals surface area contributed by atoms with Gasteiger partial charge in [-0.15, -0.1) is 0 Å². The Kier molecular flexibility index (Phi) is 4.55. The second kappa shape index (κ2) is 5.70. The van der Waals surface area contributed by atoms with E-state index in [9.17, 15) is 9.59 Å². The molecule has 5 heteroatoms. The fraction of sp³-hybridized carbons (Fsp3) is 0.800. The minimum Gasteiger partial charge on any atom is -0.480 e. The summed E-state index contributed by atoms with van der Waals surface area (Å²) in [6, 6.07) is -0.792. The molecular formula is C10H18N2O3. The molecule has 1 amide bonds. The molecule has 3 N–H and O–H groups in total. The zero-order valence-electron chi connectivity index (χ0n) is 8.95. The topological polar surface area (TPSA) is 78.4 Å². The van der Waals surface area contributed by atoms with Crippen LogP contribution in [0.4, 0.5) is 0 Å². The highest BCUT2D eigenvalue weighted by atomic mass is 16.4. The minimum absolute atomic E-state index is 0.156. The molecule has 1 aliphatic heterocycles. The molecular weight excluding hydrogens is 196 g/mol. The lowest BCUT2D eigenvalue weighted by Crippen LogP contribution is -2.40. The Hall–Kier alpha value is -1.10. The molecule has 15 heavy (non-hydrogen) atoms. The summed E-state index contributed by atoms with van der Waals surface area (Å²) in [6.45, 7) is 3.38. The summed E-state index contributed by atoms with van der Waals surface area (Å²) < 4.78 is 0. The fourth-order valence-electron chi connectivity index (χ4n) is 1.71. The van der Waals surface area contributed by atoms with E-state index in [1.807, 2.05) is 0 Å². The third-order valence-corrected chi connectivity index (χ3v) is 2.68. The first-order valence-electron chi connectivity index (χ1n) is 5.32. The predicted molar refractivity (Wildman–Crippen MR) is 55.5 cm³/mol. The van der Waals surface area contributed by atoms with Crippen molar-refractivity contribution in [1.29, 1.82) is 0 Å². The molecule has 86 valence electrons. The van der Waals surface area contributed by atoms with Crippen LogP contribution in [0.2, 0.25) is 0 Å². The van der Waals surface area contributed by atoms with Crippen LogP contribution in [0, 0.1) is 5.92 Å². The van der Waals surface area contributed by atoms with Crippen molar-refractivity contribution in [2.75, 3.05) is 13.1 Å². The van der Waals surface area contributed by atoms with Crippen LogP contribution >= 0.6 is 0 Å². The third kappa shape index (κ3) is 4.29. The molecule has 1 unspecified atom stereocenters. The predicted octanol–water partition coefficient (Wildman–Crippen LogP) is -0.0346. The molecule has 1 atom stereocenters. The van der Waals surface area contributed by atoms with Crippen LogP contribution < -0.4 is 10.6 Å². The quantitative estimate of drug-likeness (QED) is 0.614. The van der Waals surface area contributed by atoms with E-state index in [-0.39, 0.29) is 5.91 Å². The molecule has 0 aliphatic carbocycles. The van der Waals surface area contributed by atoms with E-state index >= 15 is 0 Å². The zero-order valence-corrected chi connectivity index (χ0v) is 8.95. The molecule has 0 saturated carbocycles. The minimum atomic E-state index is -0.992. The van der Waals surface area contributed by atoms with E-state index in [2.05, 4.69) is 10.6 Å². The van der Waals surface area contributed by atoms with Gasteiger partial charge in [-0.2, -0.15) is 0 Å². The Morgan fingerprint density at radius 3 is 2.60 bits per heavy atom. The van der Waals surface area contributed by atoms with E-state index in [1.54, 1.807) is 0 Å². The Morgan fingerprint density at radius 1 is 1.47 bits per heavy atom. The third-order valence-electron chi connectivity index (χ3n) is 2.68. The lowest BCUT2D eigenvalue weighted by molar-refractivity contribution is -0.141. The largest absolute Gasteiger partial charge is 0.480 e. The molecule has 0 aromatic carbocycles. The van der Waals surface area contributed by atoms with Crippen LogP contribution in [0.3, 0.4) is 0 Å². The molecule has 0 spiro atoms. The van der Waals surface area contributed by atoms with Crippen LogP contribution in [-0.2, 0) is 9.59 Å². The first-order valence-corrected chi connectivity index (χ1v) is 5.32. The molecule has 0 aromatic heterocycles. The van der Waals surface area contributed by atoms with Crippen molar-refractivity contribution < 1.29 is 14.7 Å². The van der Waals surface area contributed by atoms with Gasteiger partial charge >= 0.3 is 5.97 Å². The molecule has 1 aliphatic rings. The van der Waals surface area contributed by atoms with Gasteiger partial charge in [-0.3, -0.25) is 9.59 Å². The van der Waals surface area contributed by atoms with Gasteiger partial charge in [0.2, 0.25) is 5.91 Å². The van der Waals surface area contributed by atoms with E-state index in [1.165, 1.54) is 6.92 Å². The average Bonchev–Trinajstić information content (AvgIpc) is 2.18. The second-order valence-corrected chi connectivity index (χ2v) is 4.02. The molecule has 0 aromatic rings. The number of amides is 1. The van der Waals surface area contributed by atoms with Crippen LogP contribution in [0.1, 0.15) is 26.2 Å². The number of hydrogen-bond donors (Lipinski definition) is 3. The van der Waals surface area contributed by atoms with Crippen LogP contribution in [0.15, 0.2) is 0 Å². The SMILES string of the molecule is CC(NC(=O)CC1CCNCC1)C(=O)O. The van der Waals surface area contributed by atoms with Gasteiger partial charge in [0.15, 0.2) is 0 Å². The van der Waals surface area contributed by atoms with Crippen molar-refractivity contribution >= 4 is 11.9 Å². The number of piperidine rings is 1. The first kappa shape index (κ1) is 12.0. The van der Waals surface area contributed by atoms with Crippen molar-refractivity contribution in [3.8, 4) is 0 Å². The number of carboxylic acid groups (broad SMARTS) is 1. The maximum Gasteiger partial charge on any atom is 0.325 e. The first-order chi connectivity index (χ1) is 7.09. The lowest BCUT2D eigenvalue weighted by atomic mass is 9.94. The number of nitrogens with one attached hydrogen (secondary N) is 2. The number of aliphatic carboxylic acids is 1. The smallest absolute Gasteiger partial charge is 0.325 e. The summed E-state index contributed by atoms with van der Waals surface area (Å²) in [7, 11) is 0. The van der Waals surface area contributed by atoms with Crippen molar-refractivity contribution in [3.63, 3.8) is 0 Å². The summed E-state index contributed by atoms with van der Waals surface area (Å²) in [5, 5.41) is 14.3. The molecule has 5 nitrogen and oxygen atoms in total. The normalized spacial score (nSPS) is 19.5. The van der Waals surface area contributed by atoms with Gasteiger partial charge in [-0.1, -0.05) is 0 Å². The highest BCUT2D eigenvalue weighted by Gasteiger charge is 2.19. The van der Waals surface area contributed by atoms with Gasteiger partial charge in [0, 0.05) is 6.42 Å². The Bertz CT molecular complexity index is 237. The van der Waals surface area contributed by atoms with E-state index in [0.717, 1.165) is 25.9 Å². The monoisotopic (exact) mass is 214 g/mol. The van der Waals surface area contributed by atoms with Gasteiger partial charge in [0.25, 0.3) is 0 Å². The van der Waals surface area contributed by atoms with Crippen LogP contribution in [0.25, 0.3) is 0 Å². The van der Waals surface area contributed by atoms with Crippen molar-refractivity contribution in [1.82, 2.24) is 10.6 Å². The summed E-state index contributed by atoms with van der Waals surface area (Å²) in [4.78, 5) is 21.9. The molecule has 1 saturated heterocycles. The molecule has 0 bridgehead atoms. The molecule has 0 radical (unpaired) electrons. The Labute approximate surface area is 89.2 Å². The molecule has 1 rings (SSSR count). The number of carbonyl (C=O) groups is 2. The number of carboxylic acids is 1. The number of rotatable bonds is 4. The van der Waals surface area contributed by atoms with Crippen molar-refractivity contribution in [2.24, 2.45) is 5.92 Å². The zero-order chi connectivity index (χ0) is 11.3. The summed E-state index contributed by atoms with van der Waals surface area (Å²) >= 11 is 0. The summed E-state index contributed by atoms with van der Waals surface area (Å²) in [5.74, 6) is -0.752. The second-order valence-electron chi connectivity index (χ2n) is 4.02. The van der Waals surface area contributed by atoms with Crippen LogP contribution in [-0.4, -0.2) is 36.1 Å². The molecule has 1 fully saturated rings. The Balaban J connectivity index is 2.25. The van der Waals surface area contributed by atoms with E-state index < -0.39 is 12.0 Å². The molecule has 1 heterocycles. The number of hydrogen-bond acceptors (Lipinski definition) is 3. The summed E-state index contributed by atoms with van der Waals surface area (Å²) in [5.41, 5.74) is 0. The highest BCUT2D eigenvalue weighted by Crippen LogP contribution is 2.15. The van der Waals surface area contributed by atoms with Crippen molar-refractivity contribution in [3.05, 3.63) is 0 Å². The van der Waals surface area contributed by atoms with Gasteiger partial charge in [-0.05, 0) is 38.8 Å². The van der Waals surface area contributed by atoms with Gasteiger partial charge < -0.3 is 15.7 Å². The fourth-order valence-corrected chi connectivity index (χ4v) is 1.71. The number of carbonyl (C=O) groups excluding carboxylic acids is 1. The van der Waals surface area contributed by atoms with Gasteiger partial charge in [0.1, 0.15) is 6.04 Å². The van der Waals surface area contributed by atoms with E-state index in [4.69, 9.17) is 5.11 Å². The van der Waals surface area contributed by atoms with Crippen LogP contribution in [0.5, 0.6) is 0 Å². The summed E-state index contributed by atoms with van der Waals surface area (Å²) in [6.07, 6.45) is 2.43. The Morgan fingerprint density at radius 2 is 2.07 bits per heavy atom. The van der Waals surface area contributed by atoms with E-state index in [0.29, 0.717) is 12.3 Å². The lowest BCUT2D eigenvalue weighted by Gasteiger charge is -2.22. The van der Waals surface area contributed by atoms with Gasteiger partial charge in [0.05, 0.1) is 0 Å². The standard InChI is InChI=1S/C10H18N2O3/c1-7(10(14)15)12-9(13)6-8-2-4-11-5-3-8/h7-8,11H,2-6H2,1H3,(H,12,13)(H,14,15). The maximum atomic E-state index is 11.4.